The normalized spacial score (nSPS) is 13.6. The second-order valence-corrected chi connectivity index (χ2v) is 10.5. The van der Waals surface area contributed by atoms with Crippen molar-refractivity contribution in [2.45, 2.75) is 53.6 Å². The molecule has 5 nitrogen and oxygen atoms in total. The Kier molecular flexibility index (Phi) is 7.83. The number of hydrogen-bond acceptors (Lipinski definition) is 4. The van der Waals surface area contributed by atoms with Gasteiger partial charge in [-0.15, -0.1) is 10.2 Å². The molecule has 0 fully saturated rings. The van der Waals surface area contributed by atoms with Gasteiger partial charge in [-0.2, -0.15) is 0 Å². The minimum atomic E-state index is 0.886. The molecule has 0 amide bonds. The van der Waals surface area contributed by atoms with Gasteiger partial charge in [-0.25, -0.2) is 0 Å². The lowest BCUT2D eigenvalue weighted by atomic mass is 10.2. The Morgan fingerprint density at radius 3 is 1.76 bits per heavy atom. The van der Waals surface area contributed by atoms with E-state index >= 15 is 0 Å². The smallest absolute Gasteiger partial charge is 0.211 e. The largest absolute Gasteiger partial charge is 0.324 e. The number of para-hydroxylation sites is 2. The van der Waals surface area contributed by atoms with Gasteiger partial charge in [0, 0.05) is 13.1 Å². The van der Waals surface area contributed by atoms with Crippen molar-refractivity contribution in [1.29, 1.82) is 0 Å². The quantitative estimate of drug-likeness (QED) is 0.155. The molecule has 7 heteroatoms. The molecule has 0 saturated heterocycles. The number of nitrogens with zero attached hydrogens (tertiary/aromatic N) is 5. The molecule has 2 heterocycles. The van der Waals surface area contributed by atoms with E-state index in [2.05, 4.69) is 85.4 Å². The summed E-state index contributed by atoms with van der Waals surface area (Å²) in [5.41, 5.74) is 2.49. The fourth-order valence-corrected chi connectivity index (χ4v) is 6.72. The van der Waals surface area contributed by atoms with Crippen molar-refractivity contribution in [2.75, 3.05) is 26.2 Å². The maximum atomic E-state index is 4.79. The number of unbranched alkanes of at least 4 members (excludes halogenated alkanes) is 1. The second-order valence-electron chi connectivity index (χ2n) is 8.52. The summed E-state index contributed by atoms with van der Waals surface area (Å²) in [5, 5.41) is 9.53. The van der Waals surface area contributed by atoms with Crippen LogP contribution in [-0.2, 0) is 13.1 Å². The zero-order valence-electron chi connectivity index (χ0n) is 20.3. The number of thiazole rings is 2. The van der Waals surface area contributed by atoms with E-state index in [1.165, 1.54) is 57.5 Å². The first-order chi connectivity index (χ1) is 16.1. The molecule has 33 heavy (non-hydrogen) atoms. The molecule has 4 aromatic rings. The number of benzene rings is 2. The van der Waals surface area contributed by atoms with Crippen LogP contribution in [0.2, 0.25) is 0 Å². The summed E-state index contributed by atoms with van der Waals surface area (Å²) >= 11 is 3.44. The van der Waals surface area contributed by atoms with Crippen molar-refractivity contribution in [3.63, 3.8) is 0 Å². The molecule has 0 saturated carbocycles. The Balaban J connectivity index is 1.66. The van der Waals surface area contributed by atoms with Gasteiger partial charge >= 0.3 is 0 Å². The SMILES string of the molecule is CCn1c(=NN=c2sc3ccccc3n2CCCC[N+](CC)(CC)CC)sc2ccccc21. The molecular formula is C26H36N5S2+. The molecule has 0 spiro atoms. The molecule has 176 valence electrons. The molecule has 2 aromatic heterocycles. The first-order valence-corrected chi connectivity index (χ1v) is 13.9. The third-order valence-corrected chi connectivity index (χ3v) is 9.09. The van der Waals surface area contributed by atoms with Gasteiger partial charge < -0.3 is 13.6 Å². The van der Waals surface area contributed by atoms with Crippen LogP contribution in [-0.4, -0.2) is 39.8 Å². The molecular weight excluding hydrogens is 446 g/mol. The summed E-state index contributed by atoms with van der Waals surface area (Å²) in [5.74, 6) is 0. The van der Waals surface area contributed by atoms with E-state index in [0.29, 0.717) is 0 Å². The van der Waals surface area contributed by atoms with Gasteiger partial charge in [0.1, 0.15) is 0 Å². The molecule has 2 aromatic carbocycles. The van der Waals surface area contributed by atoms with E-state index in [1.54, 1.807) is 22.7 Å². The zero-order valence-corrected chi connectivity index (χ0v) is 22.0. The van der Waals surface area contributed by atoms with Gasteiger partial charge in [0.15, 0.2) is 0 Å². The van der Waals surface area contributed by atoms with E-state index < -0.39 is 0 Å². The number of hydrogen-bond donors (Lipinski definition) is 0. The van der Waals surface area contributed by atoms with E-state index in [0.717, 1.165) is 29.1 Å². The number of aromatic nitrogens is 2. The fraction of sp³-hybridized carbons (Fsp3) is 0.462. The highest BCUT2D eigenvalue weighted by Crippen LogP contribution is 2.19. The maximum absolute atomic E-state index is 4.79. The van der Waals surface area contributed by atoms with Crippen LogP contribution < -0.4 is 9.60 Å². The second kappa shape index (κ2) is 10.8. The molecule has 0 atom stereocenters. The van der Waals surface area contributed by atoms with E-state index in [4.69, 9.17) is 10.2 Å². The summed E-state index contributed by atoms with van der Waals surface area (Å²) in [6.45, 7) is 15.9. The monoisotopic (exact) mass is 482 g/mol. The lowest BCUT2D eigenvalue weighted by molar-refractivity contribution is -0.923. The molecule has 0 N–H and O–H groups in total. The number of rotatable bonds is 10. The average molecular weight is 483 g/mol. The Bertz CT molecular complexity index is 1330. The zero-order chi connectivity index (χ0) is 23.3. The first kappa shape index (κ1) is 23.9. The lowest BCUT2D eigenvalue weighted by Crippen LogP contribution is -2.48. The number of aryl methyl sites for hydroxylation is 2. The van der Waals surface area contributed by atoms with Crippen molar-refractivity contribution >= 4 is 43.1 Å². The van der Waals surface area contributed by atoms with Crippen LogP contribution in [0.15, 0.2) is 58.7 Å². The van der Waals surface area contributed by atoms with E-state index in [-0.39, 0.29) is 0 Å². The highest BCUT2D eigenvalue weighted by molar-refractivity contribution is 7.16. The molecule has 0 radical (unpaired) electrons. The van der Waals surface area contributed by atoms with Crippen LogP contribution >= 0.6 is 22.7 Å². The van der Waals surface area contributed by atoms with Crippen LogP contribution in [0.5, 0.6) is 0 Å². The van der Waals surface area contributed by atoms with E-state index in [9.17, 15) is 0 Å². The van der Waals surface area contributed by atoms with Crippen molar-refractivity contribution in [3.8, 4) is 0 Å². The lowest BCUT2D eigenvalue weighted by Gasteiger charge is -2.35. The minimum Gasteiger partial charge on any atom is -0.324 e. The van der Waals surface area contributed by atoms with Crippen molar-refractivity contribution in [1.82, 2.24) is 9.13 Å². The maximum Gasteiger partial charge on any atom is 0.211 e. The van der Waals surface area contributed by atoms with Crippen molar-refractivity contribution < 1.29 is 4.48 Å². The van der Waals surface area contributed by atoms with Gasteiger partial charge in [-0.05, 0) is 64.8 Å². The van der Waals surface area contributed by atoms with Crippen molar-refractivity contribution in [2.24, 2.45) is 10.2 Å². The standard InChI is InChI=1S/C26H36N5S2/c1-5-29-21-15-9-11-17-23(21)32-25(29)27-28-26-30(22-16-10-12-18-24(22)33-26)19-13-14-20-31(6-2,7-3)8-4/h9-12,15-18H,5-8,13-14,19-20H2,1-4H3/q+1. The fourth-order valence-electron chi connectivity index (χ4n) is 4.66. The van der Waals surface area contributed by atoms with Gasteiger partial charge in [-0.3, -0.25) is 0 Å². The van der Waals surface area contributed by atoms with Gasteiger partial charge in [0.05, 0.1) is 46.6 Å². The van der Waals surface area contributed by atoms with E-state index in [1.807, 2.05) is 0 Å². The molecule has 0 aliphatic carbocycles. The predicted octanol–water partition coefficient (Wildman–Crippen LogP) is 5.81. The first-order valence-electron chi connectivity index (χ1n) is 12.2. The number of fused-ring (bicyclic) bond motifs is 2. The summed E-state index contributed by atoms with van der Waals surface area (Å²) in [4.78, 5) is 1.94. The molecule has 4 rings (SSSR count). The average Bonchev–Trinajstić information content (AvgIpc) is 3.40. The Morgan fingerprint density at radius 2 is 1.21 bits per heavy atom. The van der Waals surface area contributed by atoms with Crippen LogP contribution in [0.1, 0.15) is 40.5 Å². The summed E-state index contributed by atoms with van der Waals surface area (Å²) < 4.78 is 8.35. The molecule has 0 aliphatic heterocycles. The number of quaternary nitrogens is 1. The minimum absolute atomic E-state index is 0.886. The third kappa shape index (κ3) is 5.00. The highest BCUT2D eigenvalue weighted by Gasteiger charge is 2.19. The predicted molar refractivity (Wildman–Crippen MR) is 142 cm³/mol. The summed E-state index contributed by atoms with van der Waals surface area (Å²) in [6, 6.07) is 17.1. The molecule has 0 unspecified atom stereocenters. The molecule has 0 aliphatic rings. The summed E-state index contributed by atoms with van der Waals surface area (Å²) in [7, 11) is 0. The van der Waals surface area contributed by atoms with Crippen LogP contribution in [0.4, 0.5) is 0 Å². The van der Waals surface area contributed by atoms with Gasteiger partial charge in [0.25, 0.3) is 0 Å². The Hall–Kier alpha value is -2.22. The Morgan fingerprint density at radius 1 is 0.697 bits per heavy atom. The highest BCUT2D eigenvalue weighted by atomic mass is 32.1. The van der Waals surface area contributed by atoms with Crippen LogP contribution in [0, 0.1) is 0 Å². The van der Waals surface area contributed by atoms with Gasteiger partial charge in [0.2, 0.25) is 9.60 Å². The molecule has 0 bridgehead atoms. The topological polar surface area (TPSA) is 34.6 Å². The van der Waals surface area contributed by atoms with Crippen LogP contribution in [0.3, 0.4) is 0 Å². The summed E-state index contributed by atoms with van der Waals surface area (Å²) in [6.07, 6.45) is 2.39. The van der Waals surface area contributed by atoms with Gasteiger partial charge in [-0.1, -0.05) is 46.9 Å². The van der Waals surface area contributed by atoms with Crippen molar-refractivity contribution in [3.05, 3.63) is 58.1 Å². The van der Waals surface area contributed by atoms with Crippen LogP contribution in [0.25, 0.3) is 20.4 Å². The Labute approximate surface area is 204 Å². The third-order valence-electron chi connectivity index (χ3n) is 6.99.